The summed E-state index contributed by atoms with van der Waals surface area (Å²) in [6.07, 6.45) is 5.30. The van der Waals surface area contributed by atoms with E-state index in [4.69, 9.17) is 10.5 Å². The van der Waals surface area contributed by atoms with Gasteiger partial charge < -0.3 is 10.5 Å². The third kappa shape index (κ3) is 4.29. The van der Waals surface area contributed by atoms with Gasteiger partial charge in [0.1, 0.15) is 0 Å². The molecule has 1 aromatic rings. The Hall–Kier alpha value is -1.46. The van der Waals surface area contributed by atoms with Crippen LogP contribution in [0.3, 0.4) is 0 Å². The van der Waals surface area contributed by atoms with Crippen LogP contribution in [0.25, 0.3) is 0 Å². The quantitative estimate of drug-likeness (QED) is 0.654. The number of hydrogen-bond acceptors (Lipinski definition) is 4. The Bertz CT molecular complexity index is 411. The molecule has 0 aromatic heterocycles. The van der Waals surface area contributed by atoms with Crippen LogP contribution < -0.4 is 5.73 Å². The molecule has 104 valence electrons. The van der Waals surface area contributed by atoms with Gasteiger partial charge in [-0.15, -0.1) is 0 Å². The number of non-ortho nitro benzene ring substituents is 1. The summed E-state index contributed by atoms with van der Waals surface area (Å²) in [5.74, 6) is 0. The van der Waals surface area contributed by atoms with Gasteiger partial charge >= 0.3 is 0 Å². The summed E-state index contributed by atoms with van der Waals surface area (Å²) in [5.41, 5.74) is 7.04. The van der Waals surface area contributed by atoms with Gasteiger partial charge in [-0.2, -0.15) is 0 Å². The summed E-state index contributed by atoms with van der Waals surface area (Å²) in [6.45, 7) is 0.664. The first-order chi connectivity index (χ1) is 9.15. The molecular formula is C14H20N2O3. The lowest BCUT2D eigenvalue weighted by Crippen LogP contribution is -2.30. The number of hydrogen-bond donors (Lipinski definition) is 1. The normalized spacial score (nSPS) is 23.2. The molecule has 0 radical (unpaired) electrons. The van der Waals surface area contributed by atoms with Gasteiger partial charge in [-0.3, -0.25) is 10.1 Å². The van der Waals surface area contributed by atoms with Crippen molar-refractivity contribution < 1.29 is 9.66 Å². The molecule has 2 N–H and O–H groups in total. The van der Waals surface area contributed by atoms with Crippen molar-refractivity contribution >= 4 is 5.69 Å². The van der Waals surface area contributed by atoms with Crippen LogP contribution in [0.1, 0.15) is 31.2 Å². The summed E-state index contributed by atoms with van der Waals surface area (Å²) >= 11 is 0. The molecule has 1 fully saturated rings. The van der Waals surface area contributed by atoms with Crippen LogP contribution in [0, 0.1) is 10.1 Å². The van der Waals surface area contributed by atoms with Crippen molar-refractivity contribution in [3.63, 3.8) is 0 Å². The minimum absolute atomic E-state index is 0.130. The summed E-state index contributed by atoms with van der Waals surface area (Å²) in [6, 6.07) is 7.00. The first kappa shape index (κ1) is 14.0. The highest BCUT2D eigenvalue weighted by atomic mass is 16.6. The summed E-state index contributed by atoms with van der Waals surface area (Å²) in [7, 11) is 0. The zero-order chi connectivity index (χ0) is 13.7. The molecule has 1 aliphatic rings. The Morgan fingerprint density at radius 1 is 1.21 bits per heavy atom. The van der Waals surface area contributed by atoms with E-state index in [1.807, 2.05) is 0 Å². The Morgan fingerprint density at radius 3 is 2.42 bits per heavy atom. The second-order valence-corrected chi connectivity index (χ2v) is 5.08. The fourth-order valence-corrected chi connectivity index (χ4v) is 2.38. The number of nitro groups is 1. The van der Waals surface area contributed by atoms with E-state index in [-0.39, 0.29) is 10.6 Å². The van der Waals surface area contributed by atoms with Gasteiger partial charge in [0.25, 0.3) is 5.69 Å². The summed E-state index contributed by atoms with van der Waals surface area (Å²) in [5, 5.41) is 10.5. The third-order valence-electron chi connectivity index (χ3n) is 3.61. The highest BCUT2D eigenvalue weighted by molar-refractivity contribution is 5.32. The second kappa shape index (κ2) is 6.63. The molecule has 1 aliphatic carbocycles. The molecule has 2 rings (SSSR count). The van der Waals surface area contributed by atoms with Crippen LogP contribution in [0.2, 0.25) is 0 Å². The average Bonchev–Trinajstić information content (AvgIpc) is 2.41. The van der Waals surface area contributed by atoms with Crippen molar-refractivity contribution in [1.82, 2.24) is 0 Å². The lowest BCUT2D eigenvalue weighted by molar-refractivity contribution is -0.384. The van der Waals surface area contributed by atoms with E-state index >= 15 is 0 Å². The van der Waals surface area contributed by atoms with Crippen LogP contribution >= 0.6 is 0 Å². The van der Waals surface area contributed by atoms with Crippen molar-refractivity contribution in [1.29, 1.82) is 0 Å². The number of benzene rings is 1. The molecule has 0 heterocycles. The molecule has 0 spiro atoms. The molecule has 0 bridgehead atoms. The lowest BCUT2D eigenvalue weighted by Gasteiger charge is -2.26. The van der Waals surface area contributed by atoms with Gasteiger partial charge in [-0.25, -0.2) is 0 Å². The minimum Gasteiger partial charge on any atom is -0.378 e. The Balaban J connectivity index is 1.72. The van der Waals surface area contributed by atoms with Crippen LogP contribution in [0.15, 0.2) is 24.3 Å². The molecule has 1 aromatic carbocycles. The predicted octanol–water partition coefficient (Wildman–Crippen LogP) is 2.42. The highest BCUT2D eigenvalue weighted by Gasteiger charge is 2.18. The fourth-order valence-electron chi connectivity index (χ4n) is 2.38. The van der Waals surface area contributed by atoms with E-state index in [0.717, 1.165) is 37.7 Å². The van der Waals surface area contributed by atoms with E-state index in [1.165, 1.54) is 12.1 Å². The zero-order valence-electron chi connectivity index (χ0n) is 11.0. The Kier molecular flexibility index (Phi) is 4.87. The fraction of sp³-hybridized carbons (Fsp3) is 0.571. The predicted molar refractivity (Wildman–Crippen MR) is 73.0 cm³/mol. The minimum atomic E-state index is -0.383. The maximum atomic E-state index is 10.5. The topological polar surface area (TPSA) is 78.4 Å². The molecule has 0 atom stereocenters. The molecule has 0 amide bonds. The standard InChI is InChI=1S/C14H20N2O3/c15-12-3-7-14(8-4-12)19-10-9-11-1-5-13(6-2-11)16(17)18/h1-2,5-6,12,14H,3-4,7-10,15H2. The summed E-state index contributed by atoms with van der Waals surface area (Å²) in [4.78, 5) is 10.1. The largest absolute Gasteiger partial charge is 0.378 e. The van der Waals surface area contributed by atoms with Crippen molar-refractivity contribution in [2.45, 2.75) is 44.2 Å². The number of rotatable bonds is 5. The second-order valence-electron chi connectivity index (χ2n) is 5.08. The van der Waals surface area contributed by atoms with Crippen molar-refractivity contribution in [3.8, 4) is 0 Å². The van der Waals surface area contributed by atoms with Gasteiger partial charge in [-0.1, -0.05) is 12.1 Å². The molecular weight excluding hydrogens is 244 g/mol. The first-order valence-corrected chi connectivity index (χ1v) is 6.75. The highest BCUT2D eigenvalue weighted by Crippen LogP contribution is 2.20. The van der Waals surface area contributed by atoms with Gasteiger partial charge in [0, 0.05) is 18.2 Å². The summed E-state index contributed by atoms with van der Waals surface area (Å²) < 4.78 is 5.82. The van der Waals surface area contributed by atoms with Crippen LogP contribution in [0.4, 0.5) is 5.69 Å². The molecule has 0 saturated heterocycles. The molecule has 19 heavy (non-hydrogen) atoms. The molecule has 0 aliphatic heterocycles. The van der Waals surface area contributed by atoms with E-state index in [9.17, 15) is 10.1 Å². The number of nitrogens with two attached hydrogens (primary N) is 1. The van der Waals surface area contributed by atoms with Gasteiger partial charge in [0.05, 0.1) is 17.6 Å². The van der Waals surface area contributed by atoms with E-state index in [2.05, 4.69) is 0 Å². The monoisotopic (exact) mass is 264 g/mol. The molecule has 5 heteroatoms. The van der Waals surface area contributed by atoms with Crippen LogP contribution in [-0.4, -0.2) is 23.7 Å². The van der Waals surface area contributed by atoms with Gasteiger partial charge in [0.2, 0.25) is 0 Å². The van der Waals surface area contributed by atoms with Gasteiger partial charge in [0.15, 0.2) is 0 Å². The lowest BCUT2D eigenvalue weighted by atomic mass is 9.94. The Labute approximate surface area is 112 Å². The first-order valence-electron chi connectivity index (χ1n) is 6.75. The zero-order valence-corrected chi connectivity index (χ0v) is 11.0. The molecule has 0 unspecified atom stereocenters. The Morgan fingerprint density at radius 2 is 1.84 bits per heavy atom. The molecule has 1 saturated carbocycles. The smallest absolute Gasteiger partial charge is 0.269 e. The van der Waals surface area contributed by atoms with E-state index < -0.39 is 0 Å². The molecule has 5 nitrogen and oxygen atoms in total. The number of ether oxygens (including phenoxy) is 1. The number of nitro benzene ring substituents is 1. The van der Waals surface area contributed by atoms with Crippen molar-refractivity contribution in [2.24, 2.45) is 5.73 Å². The maximum absolute atomic E-state index is 10.5. The van der Waals surface area contributed by atoms with Crippen molar-refractivity contribution in [2.75, 3.05) is 6.61 Å². The van der Waals surface area contributed by atoms with Crippen LogP contribution in [-0.2, 0) is 11.2 Å². The van der Waals surface area contributed by atoms with Gasteiger partial charge in [-0.05, 0) is 37.7 Å². The third-order valence-corrected chi connectivity index (χ3v) is 3.61. The van der Waals surface area contributed by atoms with E-state index in [1.54, 1.807) is 12.1 Å². The van der Waals surface area contributed by atoms with E-state index in [0.29, 0.717) is 18.8 Å². The SMILES string of the molecule is NC1CCC(OCCc2ccc([N+](=O)[O-])cc2)CC1. The van der Waals surface area contributed by atoms with Crippen molar-refractivity contribution in [3.05, 3.63) is 39.9 Å². The number of nitrogens with zero attached hydrogens (tertiary/aromatic N) is 1. The average molecular weight is 264 g/mol. The maximum Gasteiger partial charge on any atom is 0.269 e. The van der Waals surface area contributed by atoms with Crippen LogP contribution in [0.5, 0.6) is 0 Å².